The molecule has 2 aromatic heterocycles. The van der Waals surface area contributed by atoms with E-state index in [4.69, 9.17) is 0 Å². The summed E-state index contributed by atoms with van der Waals surface area (Å²) in [7, 11) is 0. The fourth-order valence-electron chi connectivity index (χ4n) is 2.83. The predicted molar refractivity (Wildman–Crippen MR) is 89.1 cm³/mol. The Labute approximate surface area is 139 Å². The molecule has 1 saturated heterocycles. The monoisotopic (exact) mass is 376 g/mol. The molecular weight excluding hydrogens is 364 g/mol. The van der Waals surface area contributed by atoms with Crippen LogP contribution in [0.1, 0.15) is 22.8 Å². The molecule has 1 unspecified atom stereocenters. The standard InChI is InChI=1S/C15H13BrN4OS/c16-11-6-18-20(7-11)12-3-4-19(8-12)15(21)10-1-2-13-14(5-10)22-9-17-13/h1-2,5-7,9,12H,3-4,8H2. The maximum absolute atomic E-state index is 12.7. The van der Waals surface area contributed by atoms with Crippen molar-refractivity contribution in [3.63, 3.8) is 0 Å². The molecule has 112 valence electrons. The van der Waals surface area contributed by atoms with E-state index in [1.54, 1.807) is 23.0 Å². The van der Waals surface area contributed by atoms with Crippen LogP contribution in [0.5, 0.6) is 0 Å². The molecule has 1 aliphatic rings. The Bertz CT molecular complexity index is 843. The molecule has 5 nitrogen and oxygen atoms in total. The van der Waals surface area contributed by atoms with Gasteiger partial charge in [-0.05, 0) is 40.5 Å². The van der Waals surface area contributed by atoms with E-state index in [0.29, 0.717) is 6.54 Å². The van der Waals surface area contributed by atoms with Gasteiger partial charge in [-0.2, -0.15) is 5.10 Å². The van der Waals surface area contributed by atoms with Crippen molar-refractivity contribution in [3.8, 4) is 0 Å². The molecule has 4 rings (SSSR count). The Hall–Kier alpha value is -1.73. The van der Waals surface area contributed by atoms with Gasteiger partial charge < -0.3 is 4.90 Å². The summed E-state index contributed by atoms with van der Waals surface area (Å²) in [5.41, 5.74) is 3.49. The van der Waals surface area contributed by atoms with Gasteiger partial charge in [0.25, 0.3) is 5.91 Å². The summed E-state index contributed by atoms with van der Waals surface area (Å²) in [6.45, 7) is 1.47. The summed E-state index contributed by atoms with van der Waals surface area (Å²) in [6.07, 6.45) is 4.67. The number of carbonyl (C=O) groups is 1. The Morgan fingerprint density at radius 1 is 1.41 bits per heavy atom. The molecule has 0 bridgehead atoms. The first-order valence-corrected chi connectivity index (χ1v) is 8.70. The molecule has 22 heavy (non-hydrogen) atoms. The van der Waals surface area contributed by atoms with Crippen molar-refractivity contribution in [1.29, 1.82) is 0 Å². The highest BCUT2D eigenvalue weighted by atomic mass is 79.9. The average Bonchev–Trinajstić information content (AvgIpc) is 3.25. The second-order valence-electron chi connectivity index (χ2n) is 5.37. The van der Waals surface area contributed by atoms with E-state index in [2.05, 4.69) is 26.0 Å². The molecule has 0 saturated carbocycles. The van der Waals surface area contributed by atoms with Crippen molar-refractivity contribution < 1.29 is 4.79 Å². The minimum absolute atomic E-state index is 0.0871. The Morgan fingerprint density at radius 3 is 3.14 bits per heavy atom. The van der Waals surface area contributed by atoms with Crippen LogP contribution in [0.15, 0.2) is 40.6 Å². The zero-order valence-electron chi connectivity index (χ0n) is 11.6. The average molecular weight is 377 g/mol. The van der Waals surface area contributed by atoms with Crippen LogP contribution in [0.3, 0.4) is 0 Å². The van der Waals surface area contributed by atoms with Crippen molar-refractivity contribution >= 4 is 43.4 Å². The maximum atomic E-state index is 12.7. The molecule has 0 radical (unpaired) electrons. The van der Waals surface area contributed by atoms with Gasteiger partial charge in [0.2, 0.25) is 0 Å². The van der Waals surface area contributed by atoms with Gasteiger partial charge in [0.05, 0.1) is 32.4 Å². The molecule has 0 aliphatic carbocycles. The van der Waals surface area contributed by atoms with Crippen LogP contribution < -0.4 is 0 Å². The smallest absolute Gasteiger partial charge is 0.253 e. The Balaban J connectivity index is 1.53. The van der Waals surface area contributed by atoms with Crippen molar-refractivity contribution in [1.82, 2.24) is 19.7 Å². The number of nitrogens with zero attached hydrogens (tertiary/aromatic N) is 4. The molecule has 3 aromatic rings. The van der Waals surface area contributed by atoms with E-state index in [-0.39, 0.29) is 11.9 Å². The van der Waals surface area contributed by atoms with Crippen molar-refractivity contribution in [2.24, 2.45) is 0 Å². The number of halogens is 1. The second-order valence-corrected chi connectivity index (χ2v) is 7.17. The summed E-state index contributed by atoms with van der Waals surface area (Å²) < 4.78 is 3.95. The Kier molecular flexibility index (Phi) is 3.46. The third kappa shape index (κ3) is 2.44. The van der Waals surface area contributed by atoms with Crippen LogP contribution in [-0.2, 0) is 0 Å². The van der Waals surface area contributed by atoms with E-state index in [9.17, 15) is 4.79 Å². The van der Waals surface area contributed by atoms with E-state index in [1.165, 1.54) is 0 Å². The van der Waals surface area contributed by atoms with Gasteiger partial charge in [0, 0.05) is 24.8 Å². The lowest BCUT2D eigenvalue weighted by Gasteiger charge is -2.16. The first kappa shape index (κ1) is 13.9. The summed E-state index contributed by atoms with van der Waals surface area (Å²) in [5, 5.41) is 4.32. The number of hydrogen-bond donors (Lipinski definition) is 0. The van der Waals surface area contributed by atoms with Gasteiger partial charge in [-0.3, -0.25) is 9.48 Å². The lowest BCUT2D eigenvalue weighted by molar-refractivity contribution is 0.0787. The first-order chi connectivity index (χ1) is 10.7. The summed E-state index contributed by atoms with van der Waals surface area (Å²) in [5.74, 6) is 0.0871. The van der Waals surface area contributed by atoms with Gasteiger partial charge in [0.1, 0.15) is 0 Å². The van der Waals surface area contributed by atoms with Gasteiger partial charge in [-0.1, -0.05) is 0 Å². The predicted octanol–water partition coefficient (Wildman–Crippen LogP) is 3.34. The summed E-state index contributed by atoms with van der Waals surface area (Å²) in [4.78, 5) is 18.8. The van der Waals surface area contributed by atoms with E-state index >= 15 is 0 Å². The molecule has 0 N–H and O–H groups in total. The highest BCUT2D eigenvalue weighted by Crippen LogP contribution is 2.25. The lowest BCUT2D eigenvalue weighted by atomic mass is 10.2. The number of fused-ring (bicyclic) bond motifs is 1. The number of benzene rings is 1. The summed E-state index contributed by atoms with van der Waals surface area (Å²) >= 11 is 4.97. The third-order valence-corrected chi connectivity index (χ3v) is 5.17. The molecule has 1 atom stereocenters. The SMILES string of the molecule is O=C(c1ccc2ncsc2c1)N1CCC(n2cc(Br)cn2)C1. The van der Waals surface area contributed by atoms with Gasteiger partial charge in [-0.15, -0.1) is 11.3 Å². The number of amides is 1. The zero-order valence-corrected chi connectivity index (χ0v) is 14.0. The van der Waals surface area contributed by atoms with Crippen LogP contribution in [-0.4, -0.2) is 38.7 Å². The summed E-state index contributed by atoms with van der Waals surface area (Å²) in [6, 6.07) is 5.97. The molecular formula is C15H13BrN4OS. The molecule has 1 fully saturated rings. The minimum atomic E-state index is 0.0871. The second kappa shape index (κ2) is 5.48. The van der Waals surface area contributed by atoms with Gasteiger partial charge in [-0.25, -0.2) is 4.98 Å². The van der Waals surface area contributed by atoms with E-state index in [0.717, 1.165) is 33.2 Å². The molecule has 1 aromatic carbocycles. The molecule has 0 spiro atoms. The number of hydrogen-bond acceptors (Lipinski definition) is 4. The lowest BCUT2D eigenvalue weighted by Crippen LogP contribution is -2.29. The van der Waals surface area contributed by atoms with Crippen molar-refractivity contribution in [2.75, 3.05) is 13.1 Å². The highest BCUT2D eigenvalue weighted by Gasteiger charge is 2.28. The molecule has 1 amide bonds. The van der Waals surface area contributed by atoms with E-state index < -0.39 is 0 Å². The van der Waals surface area contributed by atoms with Crippen LogP contribution >= 0.6 is 27.3 Å². The number of carbonyl (C=O) groups excluding carboxylic acids is 1. The van der Waals surface area contributed by atoms with Gasteiger partial charge >= 0.3 is 0 Å². The number of aromatic nitrogens is 3. The fraction of sp³-hybridized carbons (Fsp3) is 0.267. The zero-order chi connectivity index (χ0) is 15.1. The fourth-order valence-corrected chi connectivity index (χ4v) is 3.85. The third-order valence-electron chi connectivity index (χ3n) is 3.97. The normalized spacial score (nSPS) is 18.2. The molecule has 7 heteroatoms. The maximum Gasteiger partial charge on any atom is 0.253 e. The van der Waals surface area contributed by atoms with Crippen LogP contribution in [0.25, 0.3) is 10.2 Å². The van der Waals surface area contributed by atoms with Crippen LogP contribution in [0, 0.1) is 0 Å². The van der Waals surface area contributed by atoms with Crippen molar-refractivity contribution in [2.45, 2.75) is 12.5 Å². The largest absolute Gasteiger partial charge is 0.336 e. The van der Waals surface area contributed by atoms with Crippen LogP contribution in [0.2, 0.25) is 0 Å². The number of thiazole rings is 1. The van der Waals surface area contributed by atoms with Gasteiger partial charge in [0.15, 0.2) is 0 Å². The quantitative estimate of drug-likeness (QED) is 0.688. The number of rotatable bonds is 2. The Morgan fingerprint density at radius 2 is 2.32 bits per heavy atom. The molecule has 1 aliphatic heterocycles. The highest BCUT2D eigenvalue weighted by molar-refractivity contribution is 9.10. The minimum Gasteiger partial charge on any atom is -0.336 e. The van der Waals surface area contributed by atoms with E-state index in [1.807, 2.05) is 34.0 Å². The van der Waals surface area contributed by atoms with Crippen LogP contribution in [0.4, 0.5) is 0 Å². The van der Waals surface area contributed by atoms with Crippen molar-refractivity contribution in [3.05, 3.63) is 46.1 Å². The number of likely N-dealkylation sites (tertiary alicyclic amines) is 1. The first-order valence-electron chi connectivity index (χ1n) is 7.03. The molecule has 3 heterocycles. The topological polar surface area (TPSA) is 51.0 Å².